The number of halogens is 6. The van der Waals surface area contributed by atoms with Crippen LogP contribution in [0.2, 0.25) is 30.1 Å². The summed E-state index contributed by atoms with van der Waals surface area (Å²) in [5.74, 6) is -1.03. The lowest BCUT2D eigenvalue weighted by Gasteiger charge is -2.11. The SMILES string of the molecule is O=C(O)c1ccc(-c2c3ccc([nH]3)c(-c3c(Cl)cccc3Cl)c3nc(c(-c4c(Cl)cccc4Cl)c4nc(c(-c5c(Cl)cccc5Cl)c5ccc2[nH]5)C=C4)C=C3)cc1. The summed E-state index contributed by atoms with van der Waals surface area (Å²) in [6.45, 7) is 0. The first-order valence-corrected chi connectivity index (χ1v) is 19.7. The number of aromatic carboxylic acids is 1. The van der Waals surface area contributed by atoms with E-state index in [0.29, 0.717) is 108 Å². The van der Waals surface area contributed by atoms with Crippen LogP contribution in [0.25, 0.3) is 90.9 Å². The van der Waals surface area contributed by atoms with Gasteiger partial charge in [0.25, 0.3) is 0 Å². The molecule has 6 nitrogen and oxygen atoms in total. The maximum absolute atomic E-state index is 11.9. The summed E-state index contributed by atoms with van der Waals surface area (Å²) >= 11 is 41.6. The fourth-order valence-corrected chi connectivity index (χ4v) is 9.05. The van der Waals surface area contributed by atoms with E-state index >= 15 is 0 Å². The number of benzene rings is 4. The Morgan fingerprint density at radius 1 is 0.404 bits per heavy atom. The molecule has 3 aromatic heterocycles. The number of H-pyrrole nitrogens is 2. The lowest BCUT2D eigenvalue weighted by atomic mass is 10.0. The van der Waals surface area contributed by atoms with Crippen LogP contribution in [0.3, 0.4) is 0 Å². The number of fused-ring (bicyclic) bond motifs is 8. The van der Waals surface area contributed by atoms with Crippen LogP contribution in [0.5, 0.6) is 0 Å². The van der Waals surface area contributed by atoms with Gasteiger partial charge in [-0.3, -0.25) is 0 Å². The van der Waals surface area contributed by atoms with Crippen molar-refractivity contribution in [1.82, 2.24) is 19.9 Å². The van der Waals surface area contributed by atoms with E-state index < -0.39 is 5.97 Å². The number of hydrogen-bond acceptors (Lipinski definition) is 3. The third kappa shape index (κ3) is 6.62. The van der Waals surface area contributed by atoms with E-state index in [9.17, 15) is 9.90 Å². The Balaban J connectivity index is 1.51. The van der Waals surface area contributed by atoms with E-state index in [1.54, 1.807) is 78.9 Å². The van der Waals surface area contributed by atoms with E-state index in [-0.39, 0.29) is 5.56 Å². The monoisotopic (exact) mass is 862 g/mol. The van der Waals surface area contributed by atoms with Gasteiger partial charge in [-0.05, 0) is 103 Å². The van der Waals surface area contributed by atoms with Crippen LogP contribution in [0.15, 0.2) is 103 Å². The van der Waals surface area contributed by atoms with Crippen molar-refractivity contribution in [2.45, 2.75) is 0 Å². The van der Waals surface area contributed by atoms with Crippen molar-refractivity contribution in [2.24, 2.45) is 0 Å². The van der Waals surface area contributed by atoms with Crippen molar-refractivity contribution in [3.8, 4) is 44.5 Å². The second-order valence-electron chi connectivity index (χ2n) is 13.2. The second kappa shape index (κ2) is 14.9. The molecule has 57 heavy (non-hydrogen) atoms. The summed E-state index contributed by atoms with van der Waals surface area (Å²) in [6, 6.07) is 30.5. The zero-order chi connectivity index (χ0) is 39.5. The lowest BCUT2D eigenvalue weighted by Crippen LogP contribution is -1.95. The van der Waals surface area contributed by atoms with Crippen LogP contribution in [0.1, 0.15) is 33.1 Å². The molecule has 4 aromatic carbocycles. The zero-order valence-corrected chi connectivity index (χ0v) is 33.7. The third-order valence-corrected chi connectivity index (χ3v) is 11.7. The lowest BCUT2D eigenvalue weighted by molar-refractivity contribution is 0.0697. The topological polar surface area (TPSA) is 94.7 Å². The van der Waals surface area contributed by atoms with Crippen molar-refractivity contribution in [3.63, 3.8) is 0 Å². The summed E-state index contributed by atoms with van der Waals surface area (Å²) in [7, 11) is 0. The number of aromatic nitrogens is 4. The molecule has 0 atom stereocenters. The normalized spacial score (nSPS) is 12.0. The second-order valence-corrected chi connectivity index (χ2v) is 15.6. The molecule has 2 aliphatic heterocycles. The molecular formula is C45H24Cl6N4O2. The van der Waals surface area contributed by atoms with Gasteiger partial charge in [0.1, 0.15) is 0 Å². The van der Waals surface area contributed by atoms with Gasteiger partial charge in [-0.15, -0.1) is 0 Å². The minimum atomic E-state index is -1.03. The minimum absolute atomic E-state index is 0.158. The van der Waals surface area contributed by atoms with E-state index in [0.717, 1.165) is 11.1 Å². The van der Waals surface area contributed by atoms with Gasteiger partial charge >= 0.3 is 5.97 Å². The molecule has 0 fully saturated rings. The molecule has 8 bridgehead atoms. The Kier molecular flexibility index (Phi) is 9.74. The van der Waals surface area contributed by atoms with E-state index in [1.165, 1.54) is 0 Å². The van der Waals surface area contributed by atoms with E-state index in [1.807, 2.05) is 48.6 Å². The highest BCUT2D eigenvalue weighted by Crippen LogP contribution is 2.45. The number of carbonyl (C=O) groups is 1. The van der Waals surface area contributed by atoms with Gasteiger partial charge in [-0.1, -0.05) is 99.9 Å². The Morgan fingerprint density at radius 2 is 0.719 bits per heavy atom. The van der Waals surface area contributed by atoms with Crippen molar-refractivity contribution in [2.75, 3.05) is 0 Å². The van der Waals surface area contributed by atoms with E-state index in [4.69, 9.17) is 79.6 Å². The molecule has 0 spiro atoms. The van der Waals surface area contributed by atoms with Gasteiger partial charge in [-0.25, -0.2) is 14.8 Å². The molecule has 0 saturated carbocycles. The van der Waals surface area contributed by atoms with Crippen LogP contribution in [-0.4, -0.2) is 31.0 Å². The van der Waals surface area contributed by atoms with Crippen molar-refractivity contribution in [3.05, 3.63) is 162 Å². The highest BCUT2D eigenvalue weighted by molar-refractivity contribution is 6.41. The summed E-state index contributed by atoms with van der Waals surface area (Å²) in [5, 5.41) is 12.2. The van der Waals surface area contributed by atoms with Crippen LogP contribution in [0.4, 0.5) is 0 Å². The van der Waals surface area contributed by atoms with E-state index in [2.05, 4.69) is 9.97 Å². The number of rotatable bonds is 5. The number of carboxylic acids is 1. The highest BCUT2D eigenvalue weighted by Gasteiger charge is 2.24. The quantitative estimate of drug-likeness (QED) is 0.161. The highest BCUT2D eigenvalue weighted by atomic mass is 35.5. The van der Waals surface area contributed by atoms with Crippen LogP contribution in [0, 0.1) is 0 Å². The van der Waals surface area contributed by atoms with Crippen LogP contribution < -0.4 is 0 Å². The zero-order valence-electron chi connectivity index (χ0n) is 29.1. The van der Waals surface area contributed by atoms with Gasteiger partial charge in [-0.2, -0.15) is 0 Å². The molecule has 9 rings (SSSR count). The molecular weight excluding hydrogens is 841 g/mol. The molecule has 7 aromatic rings. The van der Waals surface area contributed by atoms with Crippen LogP contribution in [-0.2, 0) is 0 Å². The average Bonchev–Trinajstić information content (AvgIpc) is 4.03. The predicted molar refractivity (Wildman–Crippen MR) is 238 cm³/mol. The Morgan fingerprint density at radius 3 is 1.07 bits per heavy atom. The summed E-state index contributed by atoms with van der Waals surface area (Å²) in [6.07, 6.45) is 7.56. The van der Waals surface area contributed by atoms with Crippen molar-refractivity contribution < 1.29 is 9.90 Å². The van der Waals surface area contributed by atoms with Crippen molar-refractivity contribution in [1.29, 1.82) is 0 Å². The van der Waals surface area contributed by atoms with Crippen molar-refractivity contribution >= 4 is 122 Å². The fourth-order valence-electron chi connectivity index (χ4n) is 7.29. The van der Waals surface area contributed by atoms with Gasteiger partial charge in [0.2, 0.25) is 0 Å². The van der Waals surface area contributed by atoms with Gasteiger partial charge in [0.15, 0.2) is 0 Å². The summed E-state index contributed by atoms with van der Waals surface area (Å²) in [5.41, 5.74) is 10.3. The third-order valence-electron chi connectivity index (χ3n) is 9.81. The predicted octanol–water partition coefficient (Wildman–Crippen LogP) is 14.9. The number of nitrogens with one attached hydrogen (secondary N) is 2. The Hall–Kier alpha value is -5.31. The molecule has 0 unspecified atom stereocenters. The first-order valence-electron chi connectivity index (χ1n) is 17.4. The molecule has 0 saturated heterocycles. The first kappa shape index (κ1) is 37.3. The number of carboxylic acid groups (broad SMARTS) is 1. The average molecular weight is 865 g/mol. The molecule has 278 valence electrons. The standard InChI is InChI=1S/C45H24Cl6N4O2/c46-24-4-1-5-25(47)39(24)42-32-16-14-30(52-32)38(22-10-12-23(13-11-22)45(56)57)31-15-17-33(53-31)43(40-26(48)6-2-7-27(40)49)35-19-21-37(55-35)44(36-20-18-34(42)54-36)41-28(50)8-3-9-29(41)51/h1-21,52-53H,(H,56,57). The molecule has 0 radical (unpaired) electrons. The van der Waals surface area contributed by atoms with Gasteiger partial charge in [0.05, 0.1) is 58.5 Å². The minimum Gasteiger partial charge on any atom is -0.478 e. The van der Waals surface area contributed by atoms with Gasteiger partial charge in [0, 0.05) is 61.0 Å². The first-order chi connectivity index (χ1) is 27.6. The van der Waals surface area contributed by atoms with Crippen LogP contribution >= 0.6 is 69.6 Å². The molecule has 3 N–H and O–H groups in total. The molecule has 12 heteroatoms. The van der Waals surface area contributed by atoms with Gasteiger partial charge < -0.3 is 15.1 Å². The smallest absolute Gasteiger partial charge is 0.335 e. The number of nitrogens with zero attached hydrogens (tertiary/aromatic N) is 2. The Bertz CT molecular complexity index is 2860. The Labute approximate surface area is 355 Å². The molecule has 5 heterocycles. The number of hydrogen-bond donors (Lipinski definition) is 3. The maximum Gasteiger partial charge on any atom is 0.335 e. The maximum atomic E-state index is 11.9. The molecule has 0 aliphatic carbocycles. The largest absolute Gasteiger partial charge is 0.478 e. The molecule has 0 amide bonds. The number of aromatic amines is 2. The fraction of sp³-hybridized carbons (Fsp3) is 0. The molecule has 2 aliphatic rings. The summed E-state index contributed by atoms with van der Waals surface area (Å²) in [4.78, 5) is 29.5. The summed E-state index contributed by atoms with van der Waals surface area (Å²) < 4.78 is 0.